The summed E-state index contributed by atoms with van der Waals surface area (Å²) >= 11 is 1.35. The highest BCUT2D eigenvalue weighted by Gasteiger charge is 2.25. The summed E-state index contributed by atoms with van der Waals surface area (Å²) in [5.41, 5.74) is 2.43. The molecule has 0 atom stereocenters. The number of nitrogens with zero attached hydrogens (tertiary/aromatic N) is 3. The number of carbonyl (C=O) groups is 2. The van der Waals surface area contributed by atoms with Crippen LogP contribution in [-0.2, 0) is 0 Å². The highest BCUT2D eigenvalue weighted by Crippen LogP contribution is 2.16. The van der Waals surface area contributed by atoms with Gasteiger partial charge in [-0.1, -0.05) is 6.07 Å². The first kappa shape index (κ1) is 16.4. The van der Waals surface area contributed by atoms with E-state index in [0.29, 0.717) is 23.8 Å². The molecule has 1 saturated heterocycles. The largest absolute Gasteiger partial charge is 0.348 e. The van der Waals surface area contributed by atoms with E-state index in [0.717, 1.165) is 18.5 Å². The summed E-state index contributed by atoms with van der Waals surface area (Å²) in [6.45, 7) is 3.03. The fourth-order valence-electron chi connectivity index (χ4n) is 2.62. The molecule has 24 heavy (non-hydrogen) atoms. The summed E-state index contributed by atoms with van der Waals surface area (Å²) < 4.78 is 0. The number of aryl methyl sites for hydroxylation is 1. The van der Waals surface area contributed by atoms with Crippen molar-refractivity contribution in [1.82, 2.24) is 20.2 Å². The maximum Gasteiger partial charge on any atom is 0.323 e. The minimum Gasteiger partial charge on any atom is -0.348 e. The van der Waals surface area contributed by atoms with E-state index in [2.05, 4.69) is 20.6 Å². The molecule has 0 unspecified atom stereocenters. The predicted molar refractivity (Wildman–Crippen MR) is 92.2 cm³/mol. The number of urea groups is 1. The van der Waals surface area contributed by atoms with Crippen LogP contribution in [0.15, 0.2) is 29.9 Å². The van der Waals surface area contributed by atoms with E-state index in [4.69, 9.17) is 0 Å². The lowest BCUT2D eigenvalue weighted by molar-refractivity contribution is 0.0922. The number of piperidine rings is 1. The van der Waals surface area contributed by atoms with Gasteiger partial charge in [-0.2, -0.15) is 0 Å². The first-order valence-electron chi connectivity index (χ1n) is 7.81. The molecular formula is C16H19N5O2S. The molecule has 0 aromatic carbocycles. The van der Waals surface area contributed by atoms with E-state index in [-0.39, 0.29) is 18.0 Å². The van der Waals surface area contributed by atoms with Crippen LogP contribution in [-0.4, -0.2) is 45.9 Å². The molecule has 2 aromatic rings. The molecule has 3 heterocycles. The molecule has 2 N–H and O–H groups in total. The Morgan fingerprint density at radius 3 is 2.67 bits per heavy atom. The lowest BCUT2D eigenvalue weighted by Gasteiger charge is -2.32. The fraction of sp³-hybridized carbons (Fsp3) is 0.375. The zero-order valence-electron chi connectivity index (χ0n) is 13.4. The molecule has 126 valence electrons. The summed E-state index contributed by atoms with van der Waals surface area (Å²) in [5, 5.41) is 5.81. The van der Waals surface area contributed by atoms with Crippen LogP contribution in [0.1, 0.15) is 28.2 Å². The van der Waals surface area contributed by atoms with Crippen LogP contribution in [0.4, 0.5) is 10.6 Å². The molecular weight excluding hydrogens is 326 g/mol. The van der Waals surface area contributed by atoms with Crippen LogP contribution >= 0.6 is 11.3 Å². The van der Waals surface area contributed by atoms with E-state index in [1.165, 1.54) is 11.3 Å². The van der Waals surface area contributed by atoms with Gasteiger partial charge in [0, 0.05) is 25.3 Å². The SMILES string of the molecule is Cc1ncsc1C(=O)NC1CCN(C(=O)Nc2ccccn2)CC1. The topological polar surface area (TPSA) is 87.2 Å². The molecule has 8 heteroatoms. The molecule has 3 amide bonds. The number of aromatic nitrogens is 2. The number of hydrogen-bond donors (Lipinski definition) is 2. The molecule has 0 spiro atoms. The van der Waals surface area contributed by atoms with Gasteiger partial charge in [-0.15, -0.1) is 11.3 Å². The molecule has 0 bridgehead atoms. The molecule has 2 aromatic heterocycles. The summed E-state index contributed by atoms with van der Waals surface area (Å²) in [6, 6.07) is 5.30. The standard InChI is InChI=1S/C16H19N5O2S/c1-11-14(24-10-18-11)15(22)19-12-5-8-21(9-6-12)16(23)20-13-4-2-3-7-17-13/h2-4,7,10,12H,5-6,8-9H2,1H3,(H,19,22)(H,17,20,23). The van der Waals surface area contributed by atoms with Crippen molar-refractivity contribution in [2.75, 3.05) is 18.4 Å². The van der Waals surface area contributed by atoms with Crippen LogP contribution in [0.3, 0.4) is 0 Å². The second-order valence-corrected chi connectivity index (χ2v) is 6.50. The van der Waals surface area contributed by atoms with Crippen molar-refractivity contribution >= 4 is 29.1 Å². The van der Waals surface area contributed by atoms with Crippen molar-refractivity contribution in [2.45, 2.75) is 25.8 Å². The van der Waals surface area contributed by atoms with Gasteiger partial charge in [0.2, 0.25) is 0 Å². The fourth-order valence-corrected chi connectivity index (χ4v) is 3.33. The Balaban J connectivity index is 1.48. The number of pyridine rings is 1. The highest BCUT2D eigenvalue weighted by atomic mass is 32.1. The van der Waals surface area contributed by atoms with Crippen molar-refractivity contribution in [3.63, 3.8) is 0 Å². The Labute approximate surface area is 144 Å². The summed E-state index contributed by atoms with van der Waals surface area (Å²) in [7, 11) is 0. The third kappa shape index (κ3) is 3.88. The number of anilines is 1. The van der Waals surface area contributed by atoms with Crippen molar-refractivity contribution in [3.8, 4) is 0 Å². The first-order valence-corrected chi connectivity index (χ1v) is 8.69. The number of likely N-dealkylation sites (tertiary alicyclic amines) is 1. The molecule has 7 nitrogen and oxygen atoms in total. The number of amides is 3. The molecule has 0 aliphatic carbocycles. The monoisotopic (exact) mass is 345 g/mol. The Morgan fingerprint density at radius 2 is 2.04 bits per heavy atom. The van der Waals surface area contributed by atoms with Gasteiger partial charge in [0.1, 0.15) is 10.7 Å². The second-order valence-electron chi connectivity index (χ2n) is 5.65. The molecule has 0 radical (unpaired) electrons. The average molecular weight is 345 g/mol. The molecule has 3 rings (SSSR count). The van der Waals surface area contributed by atoms with E-state index >= 15 is 0 Å². The molecule has 1 aliphatic heterocycles. The predicted octanol–water partition coefficient (Wildman–Crippen LogP) is 2.27. The van der Waals surface area contributed by atoms with Crippen LogP contribution in [0.5, 0.6) is 0 Å². The van der Waals surface area contributed by atoms with E-state index < -0.39 is 0 Å². The van der Waals surface area contributed by atoms with Crippen molar-refractivity contribution in [2.24, 2.45) is 0 Å². The third-order valence-electron chi connectivity index (χ3n) is 3.97. The lowest BCUT2D eigenvalue weighted by Crippen LogP contribution is -2.47. The Bertz CT molecular complexity index is 710. The van der Waals surface area contributed by atoms with Gasteiger partial charge in [0.25, 0.3) is 5.91 Å². The maximum absolute atomic E-state index is 12.2. The highest BCUT2D eigenvalue weighted by molar-refractivity contribution is 7.11. The number of nitrogens with one attached hydrogen (secondary N) is 2. The minimum absolute atomic E-state index is 0.0774. The van der Waals surface area contributed by atoms with E-state index in [1.54, 1.807) is 28.7 Å². The lowest BCUT2D eigenvalue weighted by atomic mass is 10.1. The minimum atomic E-state index is -0.156. The summed E-state index contributed by atoms with van der Waals surface area (Å²) in [6.07, 6.45) is 3.11. The van der Waals surface area contributed by atoms with Gasteiger partial charge < -0.3 is 10.2 Å². The van der Waals surface area contributed by atoms with E-state index in [9.17, 15) is 9.59 Å². The Kier molecular flexibility index (Phi) is 5.05. The van der Waals surface area contributed by atoms with Crippen molar-refractivity contribution in [1.29, 1.82) is 0 Å². The molecule has 1 aliphatic rings. The molecule has 1 fully saturated rings. The number of carbonyl (C=O) groups excluding carboxylic acids is 2. The first-order chi connectivity index (χ1) is 11.6. The van der Waals surface area contributed by atoms with E-state index in [1.807, 2.05) is 13.0 Å². The zero-order valence-corrected chi connectivity index (χ0v) is 14.2. The average Bonchev–Trinajstić information content (AvgIpc) is 3.02. The smallest absolute Gasteiger partial charge is 0.323 e. The number of hydrogen-bond acceptors (Lipinski definition) is 5. The van der Waals surface area contributed by atoms with Gasteiger partial charge in [0.15, 0.2) is 0 Å². The Hall–Kier alpha value is -2.48. The Morgan fingerprint density at radius 1 is 1.25 bits per heavy atom. The van der Waals surface area contributed by atoms with Crippen molar-refractivity contribution in [3.05, 3.63) is 40.5 Å². The maximum atomic E-state index is 12.2. The van der Waals surface area contributed by atoms with Gasteiger partial charge in [-0.05, 0) is 31.9 Å². The summed E-state index contributed by atoms with van der Waals surface area (Å²) in [5.74, 6) is 0.463. The second kappa shape index (κ2) is 7.39. The zero-order chi connectivity index (χ0) is 16.9. The van der Waals surface area contributed by atoms with Crippen LogP contribution in [0.2, 0.25) is 0 Å². The van der Waals surface area contributed by atoms with Gasteiger partial charge in [-0.25, -0.2) is 14.8 Å². The molecule has 0 saturated carbocycles. The quantitative estimate of drug-likeness (QED) is 0.893. The normalized spacial score (nSPS) is 15.1. The van der Waals surface area contributed by atoms with Crippen LogP contribution in [0.25, 0.3) is 0 Å². The van der Waals surface area contributed by atoms with Crippen LogP contribution in [0, 0.1) is 6.92 Å². The number of rotatable bonds is 3. The van der Waals surface area contributed by atoms with Crippen molar-refractivity contribution < 1.29 is 9.59 Å². The summed E-state index contributed by atoms with van der Waals surface area (Å²) in [4.78, 5) is 35.0. The van der Waals surface area contributed by atoms with Gasteiger partial charge in [-0.3, -0.25) is 10.1 Å². The third-order valence-corrected chi connectivity index (χ3v) is 4.90. The van der Waals surface area contributed by atoms with Crippen LogP contribution < -0.4 is 10.6 Å². The number of thiazole rings is 1. The van der Waals surface area contributed by atoms with Gasteiger partial charge >= 0.3 is 6.03 Å². The van der Waals surface area contributed by atoms with Gasteiger partial charge in [0.05, 0.1) is 11.2 Å².